The number of rotatable bonds is 5. The van der Waals surface area contributed by atoms with Crippen LogP contribution in [0.3, 0.4) is 0 Å². The lowest BCUT2D eigenvalue weighted by molar-refractivity contribution is -0.0372. The molecule has 0 saturated heterocycles. The van der Waals surface area contributed by atoms with Crippen molar-refractivity contribution >= 4 is 33.1 Å². The SMILES string of the molecule is CC1=C(CCN(O)C(N)=O)c2cc(F)ccc2/C1=C\c1ccc(S(C)(=O)=O)cc1. The van der Waals surface area contributed by atoms with Gasteiger partial charge in [0.15, 0.2) is 9.84 Å². The summed E-state index contributed by atoms with van der Waals surface area (Å²) in [6, 6.07) is 10.0. The summed E-state index contributed by atoms with van der Waals surface area (Å²) >= 11 is 0. The Hall–Kier alpha value is -2.97. The molecule has 1 aliphatic rings. The fourth-order valence-corrected chi connectivity index (χ4v) is 4.01. The van der Waals surface area contributed by atoms with Crippen LogP contribution in [0.5, 0.6) is 0 Å². The molecule has 0 heterocycles. The third-order valence-corrected chi connectivity index (χ3v) is 6.03. The Bertz CT molecular complexity index is 1140. The predicted molar refractivity (Wildman–Crippen MR) is 109 cm³/mol. The third kappa shape index (κ3) is 4.38. The second-order valence-corrected chi connectivity index (χ2v) is 8.92. The first-order valence-electron chi connectivity index (χ1n) is 8.86. The highest BCUT2D eigenvalue weighted by atomic mass is 32.2. The van der Waals surface area contributed by atoms with Crippen molar-refractivity contribution in [2.24, 2.45) is 5.73 Å². The number of amides is 2. The van der Waals surface area contributed by atoms with E-state index in [9.17, 15) is 22.8 Å². The second-order valence-electron chi connectivity index (χ2n) is 6.90. The van der Waals surface area contributed by atoms with Crippen LogP contribution in [0.4, 0.5) is 9.18 Å². The molecule has 0 atom stereocenters. The molecule has 0 aromatic heterocycles. The molecular formula is C21H21FN2O4S. The summed E-state index contributed by atoms with van der Waals surface area (Å²) in [7, 11) is -3.28. The Morgan fingerprint density at radius 3 is 2.41 bits per heavy atom. The van der Waals surface area contributed by atoms with Crippen LogP contribution in [-0.2, 0) is 9.84 Å². The summed E-state index contributed by atoms with van der Waals surface area (Å²) in [5, 5.41) is 9.99. The number of carbonyl (C=O) groups excluding carboxylic acids is 1. The molecule has 0 unspecified atom stereocenters. The lowest BCUT2D eigenvalue weighted by Gasteiger charge is -2.13. The van der Waals surface area contributed by atoms with E-state index in [4.69, 9.17) is 5.73 Å². The Morgan fingerprint density at radius 2 is 1.83 bits per heavy atom. The van der Waals surface area contributed by atoms with Gasteiger partial charge in [-0.15, -0.1) is 0 Å². The zero-order chi connectivity index (χ0) is 21.3. The van der Waals surface area contributed by atoms with E-state index >= 15 is 0 Å². The van der Waals surface area contributed by atoms with E-state index in [2.05, 4.69) is 0 Å². The first-order valence-corrected chi connectivity index (χ1v) is 10.7. The quantitative estimate of drug-likeness (QED) is 0.573. The molecule has 0 saturated carbocycles. The number of sulfone groups is 1. The Kier molecular flexibility index (Phi) is 5.59. The molecule has 2 aromatic rings. The van der Waals surface area contributed by atoms with Gasteiger partial charge in [0.1, 0.15) is 5.82 Å². The number of urea groups is 1. The number of fused-ring (bicyclic) bond motifs is 1. The van der Waals surface area contributed by atoms with Gasteiger partial charge in [-0.1, -0.05) is 18.2 Å². The van der Waals surface area contributed by atoms with Crippen LogP contribution in [0.2, 0.25) is 0 Å². The molecule has 0 fully saturated rings. The van der Waals surface area contributed by atoms with Gasteiger partial charge in [-0.2, -0.15) is 0 Å². The van der Waals surface area contributed by atoms with Crippen LogP contribution in [0.25, 0.3) is 17.2 Å². The monoisotopic (exact) mass is 416 g/mol. The molecule has 3 N–H and O–H groups in total. The van der Waals surface area contributed by atoms with Crippen molar-refractivity contribution in [3.63, 3.8) is 0 Å². The maximum Gasteiger partial charge on any atom is 0.338 e. The van der Waals surface area contributed by atoms with Crippen molar-refractivity contribution in [1.82, 2.24) is 5.06 Å². The van der Waals surface area contributed by atoms with Crippen LogP contribution < -0.4 is 5.73 Å². The van der Waals surface area contributed by atoms with Gasteiger partial charge >= 0.3 is 6.03 Å². The summed E-state index contributed by atoms with van der Waals surface area (Å²) in [5.41, 5.74) is 9.93. The minimum absolute atomic E-state index is 0.0195. The van der Waals surface area contributed by atoms with Gasteiger partial charge in [0.25, 0.3) is 0 Å². The molecule has 1 aliphatic carbocycles. The fourth-order valence-electron chi connectivity index (χ4n) is 3.38. The number of nitrogens with zero attached hydrogens (tertiary/aromatic N) is 1. The number of hydrogen-bond acceptors (Lipinski definition) is 4. The number of carbonyl (C=O) groups is 1. The van der Waals surface area contributed by atoms with Crippen LogP contribution in [0.1, 0.15) is 30.0 Å². The molecule has 2 aromatic carbocycles. The van der Waals surface area contributed by atoms with Gasteiger partial charge in [0, 0.05) is 6.26 Å². The van der Waals surface area contributed by atoms with E-state index in [-0.39, 0.29) is 17.3 Å². The zero-order valence-corrected chi connectivity index (χ0v) is 16.8. The maximum atomic E-state index is 13.9. The minimum atomic E-state index is -3.28. The first-order chi connectivity index (χ1) is 13.6. The Balaban J connectivity index is 2.02. The number of nitrogens with two attached hydrogens (primary N) is 1. The maximum absolute atomic E-state index is 13.9. The van der Waals surface area contributed by atoms with Crippen molar-refractivity contribution in [3.05, 3.63) is 70.5 Å². The summed E-state index contributed by atoms with van der Waals surface area (Å²) in [6.07, 6.45) is 3.35. The molecule has 0 spiro atoms. The van der Waals surface area contributed by atoms with Gasteiger partial charge in [0.05, 0.1) is 11.4 Å². The van der Waals surface area contributed by atoms with E-state index in [1.54, 1.807) is 30.3 Å². The molecule has 0 aliphatic heterocycles. The Labute approximate surface area is 168 Å². The second kappa shape index (κ2) is 7.81. The minimum Gasteiger partial charge on any atom is -0.350 e. The highest BCUT2D eigenvalue weighted by molar-refractivity contribution is 7.90. The van der Waals surface area contributed by atoms with Gasteiger partial charge in [-0.25, -0.2) is 22.7 Å². The van der Waals surface area contributed by atoms with E-state index in [0.29, 0.717) is 17.0 Å². The summed E-state index contributed by atoms with van der Waals surface area (Å²) < 4.78 is 37.1. The van der Waals surface area contributed by atoms with Crippen molar-refractivity contribution in [1.29, 1.82) is 0 Å². The van der Waals surface area contributed by atoms with Crippen molar-refractivity contribution in [2.45, 2.75) is 18.2 Å². The largest absolute Gasteiger partial charge is 0.350 e. The lowest BCUT2D eigenvalue weighted by Crippen LogP contribution is -2.33. The summed E-state index contributed by atoms with van der Waals surface area (Å²) in [4.78, 5) is 11.3. The molecule has 152 valence electrons. The van der Waals surface area contributed by atoms with E-state index in [0.717, 1.165) is 34.1 Å². The number of hydroxylamine groups is 2. The van der Waals surface area contributed by atoms with Crippen LogP contribution in [0.15, 0.2) is 52.9 Å². The molecule has 0 radical (unpaired) electrons. The molecule has 29 heavy (non-hydrogen) atoms. The highest BCUT2D eigenvalue weighted by Gasteiger charge is 2.24. The molecule has 6 nitrogen and oxygen atoms in total. The first kappa shape index (κ1) is 20.8. The van der Waals surface area contributed by atoms with Crippen molar-refractivity contribution in [2.75, 3.05) is 12.8 Å². The van der Waals surface area contributed by atoms with E-state index < -0.39 is 15.9 Å². The molecule has 3 rings (SSSR count). The van der Waals surface area contributed by atoms with Gasteiger partial charge in [0.2, 0.25) is 0 Å². The molecule has 8 heteroatoms. The van der Waals surface area contributed by atoms with Crippen LogP contribution in [0, 0.1) is 5.82 Å². The highest BCUT2D eigenvalue weighted by Crippen LogP contribution is 2.43. The number of primary amides is 1. The Morgan fingerprint density at radius 1 is 1.17 bits per heavy atom. The summed E-state index contributed by atoms with van der Waals surface area (Å²) in [6.45, 7) is 1.87. The average molecular weight is 416 g/mol. The number of allylic oxidation sites excluding steroid dienone is 2. The summed E-state index contributed by atoms with van der Waals surface area (Å²) in [5.74, 6) is -0.386. The zero-order valence-electron chi connectivity index (χ0n) is 16.0. The number of halogens is 1. The van der Waals surface area contributed by atoms with Crippen molar-refractivity contribution in [3.8, 4) is 0 Å². The smallest absolute Gasteiger partial charge is 0.338 e. The van der Waals surface area contributed by atoms with E-state index in [1.807, 2.05) is 13.0 Å². The lowest BCUT2D eigenvalue weighted by atomic mass is 10.0. The fraction of sp³-hybridized carbons (Fsp3) is 0.190. The molecule has 2 amide bonds. The third-order valence-electron chi connectivity index (χ3n) is 4.90. The van der Waals surface area contributed by atoms with Crippen LogP contribution in [-0.4, -0.2) is 37.5 Å². The van der Waals surface area contributed by atoms with Gasteiger partial charge in [-0.05, 0) is 77.1 Å². The van der Waals surface area contributed by atoms with Gasteiger partial charge in [-0.3, -0.25) is 5.21 Å². The number of benzene rings is 2. The van der Waals surface area contributed by atoms with E-state index in [1.165, 1.54) is 12.1 Å². The molecular weight excluding hydrogens is 395 g/mol. The van der Waals surface area contributed by atoms with Crippen molar-refractivity contribution < 1.29 is 22.8 Å². The topological polar surface area (TPSA) is 101 Å². The average Bonchev–Trinajstić information content (AvgIpc) is 2.90. The predicted octanol–water partition coefficient (Wildman–Crippen LogP) is 3.72. The standard InChI is InChI=1S/C21H21FN2O4S/c1-13-17(9-10-24(26)21(23)25)20-12-15(22)5-8-18(20)19(13)11-14-3-6-16(7-4-14)29(2,27)28/h3-8,11-12,26H,9-10H2,1-2H3,(H2,23,25)/b19-11-. The molecule has 0 bridgehead atoms. The van der Waals surface area contributed by atoms with Crippen LogP contribution >= 0.6 is 0 Å². The number of hydrogen-bond donors (Lipinski definition) is 2. The normalized spacial score (nSPS) is 15.0. The van der Waals surface area contributed by atoms with Gasteiger partial charge < -0.3 is 5.73 Å².